The maximum absolute atomic E-state index is 12.1. The summed E-state index contributed by atoms with van der Waals surface area (Å²) in [6.07, 6.45) is 1.64. The Morgan fingerprint density at radius 1 is 1.20 bits per heavy atom. The number of anilines is 1. The molecule has 0 aliphatic carbocycles. The number of unbranched alkanes of at least 4 members (excludes halogenated alkanes) is 1. The van der Waals surface area contributed by atoms with Crippen molar-refractivity contribution in [1.82, 2.24) is 4.31 Å². The minimum absolute atomic E-state index is 0.265. The molecule has 0 spiro atoms. The van der Waals surface area contributed by atoms with E-state index in [2.05, 4.69) is 4.90 Å². The number of piperazine rings is 1. The van der Waals surface area contributed by atoms with Crippen LogP contribution in [0, 0.1) is 0 Å². The summed E-state index contributed by atoms with van der Waals surface area (Å²) in [5.74, 6) is 0.265. The Kier molecular flexibility index (Phi) is 5.29. The van der Waals surface area contributed by atoms with E-state index in [1.165, 1.54) is 0 Å². The van der Waals surface area contributed by atoms with E-state index in [9.17, 15) is 8.42 Å². The van der Waals surface area contributed by atoms with Gasteiger partial charge in [-0.15, -0.1) is 0 Å². The van der Waals surface area contributed by atoms with Crippen LogP contribution in [0.2, 0.25) is 5.02 Å². The molecule has 0 radical (unpaired) electrons. The molecule has 0 aromatic heterocycles. The van der Waals surface area contributed by atoms with Crippen LogP contribution in [0.15, 0.2) is 24.3 Å². The van der Waals surface area contributed by atoms with Gasteiger partial charge in [0, 0.05) is 36.9 Å². The molecule has 6 heteroatoms. The van der Waals surface area contributed by atoms with E-state index in [4.69, 9.17) is 11.6 Å². The molecule has 112 valence electrons. The zero-order chi connectivity index (χ0) is 14.6. The summed E-state index contributed by atoms with van der Waals surface area (Å²) >= 11 is 5.99. The molecule has 0 saturated carbocycles. The van der Waals surface area contributed by atoms with Gasteiger partial charge in [-0.3, -0.25) is 0 Å². The third-order valence-electron chi connectivity index (χ3n) is 3.56. The largest absolute Gasteiger partial charge is 0.369 e. The van der Waals surface area contributed by atoms with E-state index in [1.54, 1.807) is 4.31 Å². The molecule has 1 fully saturated rings. The van der Waals surface area contributed by atoms with Crippen LogP contribution in [-0.2, 0) is 10.0 Å². The van der Waals surface area contributed by atoms with Crippen molar-refractivity contribution in [1.29, 1.82) is 0 Å². The van der Waals surface area contributed by atoms with Gasteiger partial charge in [-0.05, 0) is 24.6 Å². The van der Waals surface area contributed by atoms with E-state index in [1.807, 2.05) is 31.2 Å². The summed E-state index contributed by atoms with van der Waals surface area (Å²) in [4.78, 5) is 2.18. The normalized spacial score (nSPS) is 17.4. The quantitative estimate of drug-likeness (QED) is 0.838. The summed E-state index contributed by atoms with van der Waals surface area (Å²) in [6, 6.07) is 7.69. The fraction of sp³-hybridized carbons (Fsp3) is 0.571. The lowest BCUT2D eigenvalue weighted by atomic mass is 10.2. The summed E-state index contributed by atoms with van der Waals surface area (Å²) in [5.41, 5.74) is 1.06. The molecule has 1 aliphatic rings. The van der Waals surface area contributed by atoms with Gasteiger partial charge < -0.3 is 4.90 Å². The lowest BCUT2D eigenvalue weighted by molar-refractivity contribution is 0.384. The minimum Gasteiger partial charge on any atom is -0.369 e. The second-order valence-corrected chi connectivity index (χ2v) is 7.56. The maximum Gasteiger partial charge on any atom is 0.214 e. The number of hydrogen-bond acceptors (Lipinski definition) is 3. The Morgan fingerprint density at radius 3 is 2.50 bits per heavy atom. The highest BCUT2D eigenvalue weighted by atomic mass is 35.5. The van der Waals surface area contributed by atoms with Crippen LogP contribution in [0.3, 0.4) is 0 Å². The Bertz CT molecular complexity index is 540. The molecule has 2 rings (SSSR count). The van der Waals surface area contributed by atoms with Crippen LogP contribution >= 0.6 is 11.6 Å². The van der Waals surface area contributed by atoms with Crippen molar-refractivity contribution in [3.63, 3.8) is 0 Å². The predicted molar refractivity (Wildman–Crippen MR) is 83.9 cm³/mol. The second-order valence-electron chi connectivity index (χ2n) is 5.04. The fourth-order valence-corrected chi connectivity index (χ4v) is 4.17. The van der Waals surface area contributed by atoms with Crippen molar-refractivity contribution in [3.8, 4) is 0 Å². The van der Waals surface area contributed by atoms with Gasteiger partial charge >= 0.3 is 0 Å². The van der Waals surface area contributed by atoms with Crippen molar-refractivity contribution >= 4 is 27.3 Å². The van der Waals surface area contributed by atoms with Crippen LogP contribution in [0.25, 0.3) is 0 Å². The SMILES string of the molecule is CCCCS(=O)(=O)N1CCN(c2cccc(Cl)c2)CC1. The average Bonchev–Trinajstić information content (AvgIpc) is 2.45. The monoisotopic (exact) mass is 316 g/mol. The highest BCUT2D eigenvalue weighted by Crippen LogP contribution is 2.21. The Labute approximate surface area is 126 Å². The molecule has 1 aliphatic heterocycles. The van der Waals surface area contributed by atoms with Crippen LogP contribution in [0.1, 0.15) is 19.8 Å². The van der Waals surface area contributed by atoms with Crippen molar-refractivity contribution in [2.45, 2.75) is 19.8 Å². The molecule has 1 aromatic carbocycles. The Morgan fingerprint density at radius 2 is 1.90 bits per heavy atom. The zero-order valence-corrected chi connectivity index (χ0v) is 13.3. The van der Waals surface area contributed by atoms with Gasteiger partial charge in [-0.25, -0.2) is 8.42 Å². The van der Waals surface area contributed by atoms with Crippen molar-refractivity contribution in [2.24, 2.45) is 0 Å². The van der Waals surface area contributed by atoms with Gasteiger partial charge in [0.1, 0.15) is 0 Å². The van der Waals surface area contributed by atoms with Crippen molar-refractivity contribution in [2.75, 3.05) is 36.8 Å². The van der Waals surface area contributed by atoms with Crippen molar-refractivity contribution in [3.05, 3.63) is 29.3 Å². The van der Waals surface area contributed by atoms with Crippen LogP contribution in [-0.4, -0.2) is 44.7 Å². The van der Waals surface area contributed by atoms with E-state index in [0.717, 1.165) is 18.5 Å². The number of halogens is 1. The molecule has 1 heterocycles. The minimum atomic E-state index is -3.08. The predicted octanol–water partition coefficient (Wildman–Crippen LogP) is 2.59. The lowest BCUT2D eigenvalue weighted by Gasteiger charge is -2.35. The Balaban J connectivity index is 1.95. The average molecular weight is 317 g/mol. The van der Waals surface area contributed by atoms with E-state index >= 15 is 0 Å². The van der Waals surface area contributed by atoms with Gasteiger partial charge in [-0.1, -0.05) is 31.0 Å². The number of nitrogens with zero attached hydrogens (tertiary/aromatic N) is 2. The molecule has 1 aromatic rings. The first-order valence-corrected chi connectivity index (χ1v) is 9.00. The number of sulfonamides is 1. The summed E-state index contributed by atoms with van der Waals surface area (Å²) in [7, 11) is -3.08. The number of hydrogen-bond donors (Lipinski definition) is 0. The van der Waals surface area contributed by atoms with E-state index < -0.39 is 10.0 Å². The molecule has 0 bridgehead atoms. The third-order valence-corrected chi connectivity index (χ3v) is 5.75. The molecule has 0 amide bonds. The topological polar surface area (TPSA) is 40.6 Å². The molecule has 4 nitrogen and oxygen atoms in total. The first kappa shape index (κ1) is 15.6. The highest BCUT2D eigenvalue weighted by molar-refractivity contribution is 7.89. The molecule has 0 unspecified atom stereocenters. The highest BCUT2D eigenvalue weighted by Gasteiger charge is 2.26. The van der Waals surface area contributed by atoms with Crippen LogP contribution < -0.4 is 4.90 Å². The van der Waals surface area contributed by atoms with Gasteiger partial charge in [0.25, 0.3) is 0 Å². The maximum atomic E-state index is 12.1. The van der Waals surface area contributed by atoms with Gasteiger partial charge in [-0.2, -0.15) is 4.31 Å². The zero-order valence-electron chi connectivity index (χ0n) is 11.8. The molecule has 1 saturated heterocycles. The van der Waals surface area contributed by atoms with E-state index in [-0.39, 0.29) is 5.75 Å². The van der Waals surface area contributed by atoms with Gasteiger partial charge in [0.15, 0.2) is 0 Å². The lowest BCUT2D eigenvalue weighted by Crippen LogP contribution is -2.49. The first-order chi connectivity index (χ1) is 9.53. The van der Waals surface area contributed by atoms with Crippen LogP contribution in [0.5, 0.6) is 0 Å². The summed E-state index contributed by atoms with van der Waals surface area (Å²) in [5, 5.41) is 0.709. The van der Waals surface area contributed by atoms with Gasteiger partial charge in [0.2, 0.25) is 10.0 Å². The van der Waals surface area contributed by atoms with Crippen molar-refractivity contribution < 1.29 is 8.42 Å². The van der Waals surface area contributed by atoms with Crippen LogP contribution in [0.4, 0.5) is 5.69 Å². The Hall–Kier alpha value is -0.780. The van der Waals surface area contributed by atoms with E-state index in [0.29, 0.717) is 31.2 Å². The third kappa shape index (κ3) is 3.87. The van der Waals surface area contributed by atoms with Gasteiger partial charge in [0.05, 0.1) is 5.75 Å². The molecule has 0 N–H and O–H groups in total. The smallest absolute Gasteiger partial charge is 0.214 e. The molecular weight excluding hydrogens is 296 g/mol. The summed E-state index contributed by atoms with van der Waals surface area (Å²) in [6.45, 7) is 4.54. The standard InChI is InChI=1S/C14H21ClN2O2S/c1-2-3-11-20(18,19)17-9-7-16(8-10-17)14-6-4-5-13(15)12-14/h4-6,12H,2-3,7-11H2,1H3. The number of benzene rings is 1. The number of rotatable bonds is 5. The first-order valence-electron chi connectivity index (χ1n) is 7.01. The fourth-order valence-electron chi connectivity index (χ4n) is 2.35. The second kappa shape index (κ2) is 6.78. The molecule has 20 heavy (non-hydrogen) atoms. The summed E-state index contributed by atoms with van der Waals surface area (Å²) < 4.78 is 25.9. The molecule has 0 atom stereocenters. The molecular formula is C14H21ClN2O2S.